The number of carbonyl (C=O) groups excluding carboxylic acids is 2. The Kier molecular flexibility index (Phi) is 8.98. The van der Waals surface area contributed by atoms with E-state index in [1.807, 2.05) is 37.4 Å². The van der Waals surface area contributed by atoms with Crippen LogP contribution in [0.2, 0.25) is 15.1 Å². The van der Waals surface area contributed by atoms with Gasteiger partial charge >= 0.3 is 0 Å². The molecule has 2 saturated heterocycles. The minimum absolute atomic E-state index is 0.0294. The first kappa shape index (κ1) is 26.3. The molecule has 0 aliphatic carbocycles. The number of likely N-dealkylation sites (tertiary alicyclic amines) is 2. The molecule has 0 aromatic heterocycles. The molecule has 2 amide bonds. The summed E-state index contributed by atoms with van der Waals surface area (Å²) in [5, 5.41) is 1.74. The average Bonchev–Trinajstić information content (AvgIpc) is 3.27. The van der Waals surface area contributed by atoms with E-state index in [9.17, 15) is 9.59 Å². The lowest BCUT2D eigenvalue weighted by Gasteiger charge is -2.37. The largest absolute Gasteiger partial charge is 0.341 e. The van der Waals surface area contributed by atoms with Crippen molar-refractivity contribution in [3.05, 3.63) is 68.7 Å². The van der Waals surface area contributed by atoms with Crippen LogP contribution < -0.4 is 0 Å². The third kappa shape index (κ3) is 6.71. The van der Waals surface area contributed by atoms with Crippen molar-refractivity contribution in [3.8, 4) is 0 Å². The molecule has 0 radical (unpaired) electrons. The SMILES string of the molecule is CN(Cc1ccc(Cl)cc1)C(=O)C(CCN1CCC(N2CCCC2=O)CC1)c1ccc(Cl)cc1Cl. The predicted octanol–water partition coefficient (Wildman–Crippen LogP) is 5.87. The molecule has 188 valence electrons. The summed E-state index contributed by atoms with van der Waals surface area (Å²) in [5.74, 6) is -0.0353. The molecule has 4 rings (SSSR count). The van der Waals surface area contributed by atoms with Gasteiger partial charge in [-0.25, -0.2) is 0 Å². The summed E-state index contributed by atoms with van der Waals surface area (Å²) in [7, 11) is 1.83. The molecule has 0 spiro atoms. The van der Waals surface area contributed by atoms with Crippen LogP contribution in [0.3, 0.4) is 0 Å². The smallest absolute Gasteiger partial charge is 0.230 e. The van der Waals surface area contributed by atoms with Crippen molar-refractivity contribution < 1.29 is 9.59 Å². The molecule has 0 N–H and O–H groups in total. The van der Waals surface area contributed by atoms with Gasteiger partial charge in [0.2, 0.25) is 11.8 Å². The van der Waals surface area contributed by atoms with E-state index in [2.05, 4.69) is 9.80 Å². The third-order valence-electron chi connectivity index (χ3n) is 7.19. The van der Waals surface area contributed by atoms with Crippen molar-refractivity contribution in [1.29, 1.82) is 0 Å². The molecule has 0 saturated carbocycles. The van der Waals surface area contributed by atoms with Crippen LogP contribution in [-0.2, 0) is 16.1 Å². The zero-order chi connectivity index (χ0) is 24.9. The molecule has 8 heteroatoms. The van der Waals surface area contributed by atoms with Gasteiger partial charge in [-0.05, 0) is 67.6 Å². The molecule has 35 heavy (non-hydrogen) atoms. The van der Waals surface area contributed by atoms with Crippen molar-refractivity contribution in [1.82, 2.24) is 14.7 Å². The number of hydrogen-bond donors (Lipinski definition) is 0. The van der Waals surface area contributed by atoms with Crippen LogP contribution >= 0.6 is 34.8 Å². The molecule has 2 fully saturated rings. The monoisotopic (exact) mass is 535 g/mol. The molecular formula is C27H32Cl3N3O2. The molecule has 2 aromatic carbocycles. The summed E-state index contributed by atoms with van der Waals surface area (Å²) >= 11 is 18.7. The van der Waals surface area contributed by atoms with Gasteiger partial charge in [-0.1, -0.05) is 53.0 Å². The van der Waals surface area contributed by atoms with Gasteiger partial charge < -0.3 is 14.7 Å². The number of halogens is 3. The van der Waals surface area contributed by atoms with E-state index in [0.29, 0.717) is 46.4 Å². The standard InChI is InChI=1S/C27H32Cl3N3O2/c1-31(18-19-4-6-20(28)7-5-19)27(35)24(23-9-8-21(29)17-25(23)30)12-16-32-14-10-22(11-15-32)33-13-2-3-26(33)34/h4-9,17,22,24H,2-3,10-16,18H2,1H3. The van der Waals surface area contributed by atoms with E-state index < -0.39 is 0 Å². The van der Waals surface area contributed by atoms with Crippen LogP contribution in [0, 0.1) is 0 Å². The van der Waals surface area contributed by atoms with E-state index in [1.165, 1.54) is 0 Å². The van der Waals surface area contributed by atoms with E-state index in [-0.39, 0.29) is 11.8 Å². The predicted molar refractivity (Wildman–Crippen MR) is 142 cm³/mol. The van der Waals surface area contributed by atoms with Crippen LogP contribution in [-0.4, -0.2) is 65.8 Å². The van der Waals surface area contributed by atoms with Crippen LogP contribution in [0.15, 0.2) is 42.5 Å². The van der Waals surface area contributed by atoms with Crippen LogP contribution in [0.25, 0.3) is 0 Å². The van der Waals surface area contributed by atoms with Crippen molar-refractivity contribution in [2.75, 3.05) is 33.2 Å². The Morgan fingerprint density at radius 3 is 2.34 bits per heavy atom. The van der Waals surface area contributed by atoms with Gasteiger partial charge in [0.15, 0.2) is 0 Å². The van der Waals surface area contributed by atoms with Gasteiger partial charge in [0.1, 0.15) is 0 Å². The highest BCUT2D eigenvalue weighted by Crippen LogP contribution is 2.32. The first-order valence-electron chi connectivity index (χ1n) is 12.3. The number of amides is 2. The van der Waals surface area contributed by atoms with Crippen LogP contribution in [0.1, 0.15) is 49.1 Å². The number of nitrogens with zero attached hydrogens (tertiary/aromatic N) is 3. The highest BCUT2D eigenvalue weighted by molar-refractivity contribution is 6.35. The second kappa shape index (κ2) is 12.0. The highest BCUT2D eigenvalue weighted by Gasteiger charge is 2.32. The molecule has 2 aliphatic heterocycles. The molecule has 5 nitrogen and oxygen atoms in total. The fraction of sp³-hybridized carbons (Fsp3) is 0.481. The summed E-state index contributed by atoms with van der Waals surface area (Å²) in [5.41, 5.74) is 1.83. The molecule has 2 heterocycles. The van der Waals surface area contributed by atoms with Crippen molar-refractivity contribution >= 4 is 46.6 Å². The fourth-order valence-electron chi connectivity index (χ4n) is 5.23. The molecule has 1 unspecified atom stereocenters. The maximum Gasteiger partial charge on any atom is 0.230 e. The van der Waals surface area contributed by atoms with E-state index in [0.717, 1.165) is 56.6 Å². The van der Waals surface area contributed by atoms with Gasteiger partial charge in [0.05, 0.1) is 5.92 Å². The summed E-state index contributed by atoms with van der Waals surface area (Å²) in [6.07, 6.45) is 4.31. The Hall–Kier alpha value is -1.79. The molecule has 2 aromatic rings. The number of benzene rings is 2. The minimum atomic E-state index is -0.366. The lowest BCUT2D eigenvalue weighted by molar-refractivity contribution is -0.133. The van der Waals surface area contributed by atoms with Crippen molar-refractivity contribution in [3.63, 3.8) is 0 Å². The number of likely N-dealkylation sites (N-methyl/N-ethyl adjacent to an activating group) is 1. The maximum atomic E-state index is 13.6. The van der Waals surface area contributed by atoms with E-state index in [4.69, 9.17) is 34.8 Å². The third-order valence-corrected chi connectivity index (χ3v) is 8.00. The highest BCUT2D eigenvalue weighted by atomic mass is 35.5. The molecule has 1 atom stereocenters. The van der Waals surface area contributed by atoms with Gasteiger partial charge in [-0.15, -0.1) is 0 Å². The Morgan fingerprint density at radius 2 is 1.71 bits per heavy atom. The van der Waals surface area contributed by atoms with Crippen molar-refractivity contribution in [2.45, 2.75) is 50.6 Å². The minimum Gasteiger partial charge on any atom is -0.341 e. The average molecular weight is 537 g/mol. The van der Waals surface area contributed by atoms with Crippen LogP contribution in [0.4, 0.5) is 0 Å². The Bertz CT molecular complexity index is 1040. The Morgan fingerprint density at radius 1 is 1.03 bits per heavy atom. The summed E-state index contributed by atoms with van der Waals surface area (Å²) < 4.78 is 0. The quantitative estimate of drug-likeness (QED) is 0.424. The van der Waals surface area contributed by atoms with Gasteiger partial charge in [0.25, 0.3) is 0 Å². The number of hydrogen-bond acceptors (Lipinski definition) is 3. The summed E-state index contributed by atoms with van der Waals surface area (Å²) in [6, 6.07) is 13.3. The van der Waals surface area contributed by atoms with Gasteiger partial charge in [-0.3, -0.25) is 9.59 Å². The second-order valence-corrected chi connectivity index (χ2v) is 10.9. The zero-order valence-electron chi connectivity index (χ0n) is 20.1. The number of rotatable bonds is 8. The zero-order valence-corrected chi connectivity index (χ0v) is 22.3. The Balaban J connectivity index is 1.41. The maximum absolute atomic E-state index is 13.6. The van der Waals surface area contributed by atoms with E-state index in [1.54, 1.807) is 17.0 Å². The second-order valence-electron chi connectivity index (χ2n) is 9.59. The van der Waals surface area contributed by atoms with Crippen molar-refractivity contribution in [2.24, 2.45) is 0 Å². The Labute approximate surface area is 222 Å². The van der Waals surface area contributed by atoms with Crippen LogP contribution in [0.5, 0.6) is 0 Å². The normalized spacial score (nSPS) is 18.2. The number of carbonyl (C=O) groups is 2. The van der Waals surface area contributed by atoms with E-state index >= 15 is 0 Å². The first-order chi connectivity index (χ1) is 16.8. The summed E-state index contributed by atoms with van der Waals surface area (Å²) in [4.78, 5) is 32.0. The molecular weight excluding hydrogens is 505 g/mol. The lowest BCUT2D eigenvalue weighted by atomic mass is 9.93. The topological polar surface area (TPSA) is 43.9 Å². The summed E-state index contributed by atoms with van der Waals surface area (Å²) in [6.45, 7) is 4.06. The molecule has 2 aliphatic rings. The first-order valence-corrected chi connectivity index (χ1v) is 13.4. The van der Waals surface area contributed by atoms with Gasteiger partial charge in [0, 0.05) is 60.8 Å². The fourth-order valence-corrected chi connectivity index (χ4v) is 5.89. The molecule has 0 bridgehead atoms. The van der Waals surface area contributed by atoms with Gasteiger partial charge in [-0.2, -0.15) is 0 Å². The lowest BCUT2D eigenvalue weighted by Crippen LogP contribution is -2.46. The number of piperidine rings is 1.